The van der Waals surface area contributed by atoms with Crippen LogP contribution in [-0.2, 0) is 9.59 Å². The summed E-state index contributed by atoms with van der Waals surface area (Å²) >= 11 is 0. The van der Waals surface area contributed by atoms with Crippen LogP contribution >= 0.6 is 0 Å². The summed E-state index contributed by atoms with van der Waals surface area (Å²) in [5.41, 5.74) is 2.16. The number of aryl methyl sites for hydroxylation is 2. The Morgan fingerprint density at radius 1 is 1.37 bits per heavy atom. The van der Waals surface area contributed by atoms with E-state index >= 15 is 0 Å². The molecule has 0 aliphatic heterocycles. The molecule has 0 spiro atoms. The van der Waals surface area contributed by atoms with Gasteiger partial charge in [-0.1, -0.05) is 6.92 Å². The third kappa shape index (κ3) is 4.70. The van der Waals surface area contributed by atoms with Crippen molar-refractivity contribution in [1.29, 1.82) is 0 Å². The molecule has 7 nitrogen and oxygen atoms in total. The number of carboxylic acids is 1. The fourth-order valence-electron chi connectivity index (χ4n) is 1.84. The third-order valence-electron chi connectivity index (χ3n) is 2.66. The van der Waals surface area contributed by atoms with Crippen LogP contribution in [0.15, 0.2) is 0 Å². The molecule has 19 heavy (non-hydrogen) atoms. The predicted molar refractivity (Wildman–Crippen MR) is 71.1 cm³/mol. The van der Waals surface area contributed by atoms with Gasteiger partial charge in [0.25, 0.3) is 0 Å². The maximum absolute atomic E-state index is 11.9. The molecule has 1 aromatic rings. The number of anilines is 1. The van der Waals surface area contributed by atoms with E-state index in [1.165, 1.54) is 0 Å². The lowest BCUT2D eigenvalue weighted by Crippen LogP contribution is -2.37. The molecule has 0 aromatic carbocycles. The fourth-order valence-corrected chi connectivity index (χ4v) is 1.84. The third-order valence-corrected chi connectivity index (χ3v) is 2.66. The molecule has 1 rings (SSSR count). The number of aromatic nitrogens is 2. The molecule has 1 amide bonds. The number of carbonyl (C=O) groups excluding carboxylic acids is 1. The average Bonchev–Trinajstić information content (AvgIpc) is 2.60. The number of aliphatic carboxylic acids is 1. The summed E-state index contributed by atoms with van der Waals surface area (Å²) in [5, 5.41) is 18.3. The van der Waals surface area contributed by atoms with Crippen LogP contribution in [0.2, 0.25) is 0 Å². The monoisotopic (exact) mass is 268 g/mol. The molecule has 106 valence electrons. The van der Waals surface area contributed by atoms with Crippen molar-refractivity contribution in [1.82, 2.24) is 15.1 Å². The normalized spacial score (nSPS) is 10.7. The number of carbonyl (C=O) groups is 2. The minimum atomic E-state index is -0.933. The molecule has 1 aromatic heterocycles. The average molecular weight is 268 g/mol. The van der Waals surface area contributed by atoms with Crippen LogP contribution in [0.3, 0.4) is 0 Å². The summed E-state index contributed by atoms with van der Waals surface area (Å²) in [6.45, 7) is 6.05. The van der Waals surface area contributed by atoms with Gasteiger partial charge in [0.2, 0.25) is 5.91 Å². The van der Waals surface area contributed by atoms with Crippen molar-refractivity contribution in [3.05, 3.63) is 11.4 Å². The Balaban J connectivity index is 2.60. The van der Waals surface area contributed by atoms with E-state index in [-0.39, 0.29) is 19.0 Å². The molecule has 3 N–H and O–H groups in total. The van der Waals surface area contributed by atoms with Crippen LogP contribution in [0.1, 0.15) is 24.7 Å². The number of rotatable bonds is 7. The highest BCUT2D eigenvalue weighted by Gasteiger charge is 2.15. The van der Waals surface area contributed by atoms with Gasteiger partial charge in [-0.15, -0.1) is 0 Å². The zero-order valence-corrected chi connectivity index (χ0v) is 11.5. The predicted octanol–water partition coefficient (Wildman–Crippen LogP) is 0.762. The highest BCUT2D eigenvalue weighted by atomic mass is 16.4. The second-order valence-corrected chi connectivity index (χ2v) is 4.46. The molecule has 0 aliphatic rings. The summed E-state index contributed by atoms with van der Waals surface area (Å²) < 4.78 is 0. The quantitative estimate of drug-likeness (QED) is 0.678. The van der Waals surface area contributed by atoms with Gasteiger partial charge in [-0.05, 0) is 26.8 Å². The number of carboxylic acid groups (broad SMARTS) is 1. The minimum Gasteiger partial charge on any atom is -0.480 e. The number of aromatic amines is 1. The molecule has 0 radical (unpaired) electrons. The number of nitrogens with one attached hydrogen (secondary N) is 2. The molecule has 7 heteroatoms. The smallest absolute Gasteiger partial charge is 0.317 e. The van der Waals surface area contributed by atoms with Gasteiger partial charge >= 0.3 is 5.97 Å². The molecule has 0 bridgehead atoms. The van der Waals surface area contributed by atoms with Gasteiger partial charge in [-0.3, -0.25) is 19.6 Å². The van der Waals surface area contributed by atoms with Gasteiger partial charge in [0.1, 0.15) is 0 Å². The van der Waals surface area contributed by atoms with Crippen molar-refractivity contribution in [2.24, 2.45) is 0 Å². The van der Waals surface area contributed by atoms with Crippen molar-refractivity contribution in [3.8, 4) is 0 Å². The first-order valence-corrected chi connectivity index (χ1v) is 6.19. The number of H-pyrrole nitrogens is 1. The molecule has 1 heterocycles. The minimum absolute atomic E-state index is 0.0597. The van der Waals surface area contributed by atoms with Gasteiger partial charge in [0.15, 0.2) is 0 Å². The zero-order valence-electron chi connectivity index (χ0n) is 11.5. The molecular weight excluding hydrogens is 248 g/mol. The van der Waals surface area contributed by atoms with E-state index in [0.717, 1.165) is 12.1 Å². The Morgan fingerprint density at radius 2 is 2.05 bits per heavy atom. The second kappa shape index (κ2) is 6.89. The van der Waals surface area contributed by atoms with Crippen LogP contribution in [0.5, 0.6) is 0 Å². The molecule has 0 saturated heterocycles. The number of nitrogens with zero attached hydrogens (tertiary/aromatic N) is 2. The number of amides is 1. The van der Waals surface area contributed by atoms with Gasteiger partial charge < -0.3 is 10.4 Å². The summed E-state index contributed by atoms with van der Waals surface area (Å²) in [6, 6.07) is 0. The molecule has 0 atom stereocenters. The first-order valence-electron chi connectivity index (χ1n) is 6.19. The maximum atomic E-state index is 11.9. The van der Waals surface area contributed by atoms with Crippen molar-refractivity contribution < 1.29 is 14.7 Å². The Morgan fingerprint density at radius 3 is 2.53 bits per heavy atom. The summed E-state index contributed by atoms with van der Waals surface area (Å²) in [7, 11) is 0. The highest BCUT2D eigenvalue weighted by molar-refractivity contribution is 5.93. The molecule has 0 unspecified atom stereocenters. The van der Waals surface area contributed by atoms with Crippen LogP contribution in [0, 0.1) is 13.8 Å². The SMILES string of the molecule is CCCN(CC(=O)O)CC(=O)Nc1c(C)n[nH]c1C. The Kier molecular flexibility index (Phi) is 5.50. The van der Waals surface area contributed by atoms with E-state index in [0.29, 0.717) is 17.9 Å². The first kappa shape index (κ1) is 15.2. The van der Waals surface area contributed by atoms with Gasteiger partial charge in [-0.25, -0.2) is 0 Å². The standard InChI is InChI=1S/C12H20N4O3/c1-4-5-16(7-11(18)19)6-10(17)13-12-8(2)14-15-9(12)3/h4-7H2,1-3H3,(H,13,17)(H,14,15)(H,18,19). The van der Waals surface area contributed by atoms with Crippen LogP contribution in [-0.4, -0.2) is 51.7 Å². The topological polar surface area (TPSA) is 98.3 Å². The Hall–Kier alpha value is -1.89. The van der Waals surface area contributed by atoms with Gasteiger partial charge in [0, 0.05) is 0 Å². The van der Waals surface area contributed by atoms with E-state index in [9.17, 15) is 9.59 Å². The molecule has 0 aliphatic carbocycles. The van der Waals surface area contributed by atoms with E-state index < -0.39 is 5.97 Å². The van der Waals surface area contributed by atoms with Crippen LogP contribution in [0.4, 0.5) is 5.69 Å². The summed E-state index contributed by atoms with van der Waals surface area (Å²) in [5.74, 6) is -1.17. The maximum Gasteiger partial charge on any atom is 0.317 e. The Bertz CT molecular complexity index is 436. The van der Waals surface area contributed by atoms with Gasteiger partial charge in [-0.2, -0.15) is 5.10 Å². The van der Waals surface area contributed by atoms with Crippen molar-refractivity contribution in [3.63, 3.8) is 0 Å². The summed E-state index contributed by atoms with van der Waals surface area (Å²) in [4.78, 5) is 24.2. The number of hydrogen-bond acceptors (Lipinski definition) is 4. The highest BCUT2D eigenvalue weighted by Crippen LogP contribution is 2.15. The molecular formula is C12H20N4O3. The zero-order chi connectivity index (χ0) is 14.4. The largest absolute Gasteiger partial charge is 0.480 e. The van der Waals surface area contributed by atoms with E-state index in [2.05, 4.69) is 15.5 Å². The van der Waals surface area contributed by atoms with Crippen molar-refractivity contribution >= 4 is 17.6 Å². The van der Waals surface area contributed by atoms with E-state index in [1.807, 2.05) is 13.8 Å². The lowest BCUT2D eigenvalue weighted by molar-refractivity contribution is -0.138. The molecule has 0 saturated carbocycles. The van der Waals surface area contributed by atoms with Crippen molar-refractivity contribution in [2.45, 2.75) is 27.2 Å². The second-order valence-electron chi connectivity index (χ2n) is 4.46. The lowest BCUT2D eigenvalue weighted by atomic mass is 10.3. The fraction of sp³-hybridized carbons (Fsp3) is 0.583. The van der Waals surface area contributed by atoms with Gasteiger partial charge in [0.05, 0.1) is 30.2 Å². The van der Waals surface area contributed by atoms with Crippen LogP contribution in [0.25, 0.3) is 0 Å². The molecule has 0 fully saturated rings. The summed E-state index contributed by atoms with van der Waals surface area (Å²) in [6.07, 6.45) is 0.796. The first-order chi connectivity index (χ1) is 8.93. The van der Waals surface area contributed by atoms with Crippen molar-refractivity contribution in [2.75, 3.05) is 25.0 Å². The lowest BCUT2D eigenvalue weighted by Gasteiger charge is -2.18. The Labute approximate surface area is 112 Å². The van der Waals surface area contributed by atoms with E-state index in [1.54, 1.807) is 11.8 Å². The van der Waals surface area contributed by atoms with E-state index in [4.69, 9.17) is 5.11 Å². The van der Waals surface area contributed by atoms with Crippen LogP contribution < -0.4 is 5.32 Å². The number of hydrogen-bond donors (Lipinski definition) is 3.